The number of hydrogen-bond acceptors (Lipinski definition) is 7. The van der Waals surface area contributed by atoms with Gasteiger partial charge in [-0.05, 0) is 36.2 Å². The van der Waals surface area contributed by atoms with Crippen LogP contribution in [-0.4, -0.2) is 33.4 Å². The molecular weight excluding hydrogens is 428 g/mol. The Kier molecular flexibility index (Phi) is 6.27. The van der Waals surface area contributed by atoms with Gasteiger partial charge in [-0.2, -0.15) is 5.10 Å². The van der Waals surface area contributed by atoms with Crippen molar-refractivity contribution in [2.24, 2.45) is 5.10 Å². The lowest BCUT2D eigenvalue weighted by Gasteiger charge is -2.06. The Hall–Kier alpha value is -3.98. The van der Waals surface area contributed by atoms with E-state index < -0.39 is 5.91 Å². The number of amides is 1. The molecule has 0 saturated heterocycles. The van der Waals surface area contributed by atoms with Crippen LogP contribution in [0.1, 0.15) is 12.5 Å². The number of aromatic nitrogens is 2. The molecule has 0 fully saturated rings. The highest BCUT2D eigenvalue weighted by atomic mass is 32.1. The third-order valence-electron chi connectivity index (χ3n) is 4.65. The standard InChI is InChI=1S/C23H20N4O4S/c1-2-31-19-10-15(8-9-18(19)28)11-25-26-20(29)12-27-14-24-22-21(23(27)30)17(13-32-22)16-6-4-3-5-7-16/h3-11,13-14,28H,2,12H2,1H3,(H,26,29)/b25-11+. The van der Waals surface area contributed by atoms with Crippen LogP contribution in [0.25, 0.3) is 21.3 Å². The van der Waals surface area contributed by atoms with Crippen molar-refractivity contribution in [1.82, 2.24) is 15.0 Å². The summed E-state index contributed by atoms with van der Waals surface area (Å²) in [7, 11) is 0. The lowest BCUT2D eigenvalue weighted by molar-refractivity contribution is -0.121. The first kappa shape index (κ1) is 21.3. The molecule has 0 saturated carbocycles. The maximum atomic E-state index is 13.0. The molecule has 0 aliphatic rings. The predicted octanol–water partition coefficient (Wildman–Crippen LogP) is 3.38. The number of rotatable bonds is 7. The Bertz CT molecular complexity index is 1350. The molecule has 2 aromatic carbocycles. The van der Waals surface area contributed by atoms with Gasteiger partial charge >= 0.3 is 0 Å². The van der Waals surface area contributed by atoms with Crippen LogP contribution in [0, 0.1) is 0 Å². The van der Waals surface area contributed by atoms with Crippen LogP contribution in [0.3, 0.4) is 0 Å². The zero-order chi connectivity index (χ0) is 22.5. The van der Waals surface area contributed by atoms with Gasteiger partial charge < -0.3 is 9.84 Å². The number of thiophene rings is 1. The maximum Gasteiger partial charge on any atom is 0.263 e. The average Bonchev–Trinajstić information content (AvgIpc) is 3.24. The molecule has 0 aliphatic heterocycles. The van der Waals surface area contributed by atoms with Crippen molar-refractivity contribution in [3.8, 4) is 22.6 Å². The summed E-state index contributed by atoms with van der Waals surface area (Å²) in [5.41, 5.74) is 4.48. The molecule has 4 rings (SSSR count). The van der Waals surface area contributed by atoms with E-state index in [2.05, 4.69) is 15.5 Å². The zero-order valence-corrected chi connectivity index (χ0v) is 18.0. The number of phenols is 1. The first-order valence-corrected chi connectivity index (χ1v) is 10.7. The number of carbonyl (C=O) groups excluding carboxylic acids is 1. The molecule has 0 unspecified atom stereocenters. The van der Waals surface area contributed by atoms with E-state index in [1.54, 1.807) is 12.1 Å². The highest BCUT2D eigenvalue weighted by Crippen LogP contribution is 2.30. The second-order valence-electron chi connectivity index (χ2n) is 6.83. The second-order valence-corrected chi connectivity index (χ2v) is 7.68. The molecule has 9 heteroatoms. The van der Waals surface area contributed by atoms with Gasteiger partial charge in [0.05, 0.1) is 24.5 Å². The molecule has 0 radical (unpaired) electrons. The van der Waals surface area contributed by atoms with Crippen LogP contribution in [0.4, 0.5) is 0 Å². The highest BCUT2D eigenvalue weighted by molar-refractivity contribution is 7.17. The van der Waals surface area contributed by atoms with Crippen LogP contribution in [0.15, 0.2) is 70.1 Å². The van der Waals surface area contributed by atoms with Crippen molar-refractivity contribution in [2.75, 3.05) is 6.61 Å². The summed E-state index contributed by atoms with van der Waals surface area (Å²) < 4.78 is 6.59. The molecule has 0 aliphatic carbocycles. The predicted molar refractivity (Wildman–Crippen MR) is 124 cm³/mol. The summed E-state index contributed by atoms with van der Waals surface area (Å²) in [4.78, 5) is 30.3. The quantitative estimate of drug-likeness (QED) is 0.333. The van der Waals surface area contributed by atoms with E-state index in [4.69, 9.17) is 4.74 Å². The molecule has 1 amide bonds. The molecule has 2 aromatic heterocycles. The van der Waals surface area contributed by atoms with Crippen molar-refractivity contribution >= 4 is 33.7 Å². The lowest BCUT2D eigenvalue weighted by atomic mass is 10.1. The highest BCUT2D eigenvalue weighted by Gasteiger charge is 2.14. The Balaban J connectivity index is 1.50. The van der Waals surface area contributed by atoms with Gasteiger partial charge in [0, 0.05) is 10.9 Å². The van der Waals surface area contributed by atoms with Crippen LogP contribution >= 0.6 is 11.3 Å². The van der Waals surface area contributed by atoms with E-state index in [1.807, 2.05) is 42.6 Å². The van der Waals surface area contributed by atoms with Crippen molar-refractivity contribution in [3.63, 3.8) is 0 Å². The first-order valence-electron chi connectivity index (χ1n) is 9.86. The third kappa shape index (κ3) is 4.52. The van der Waals surface area contributed by atoms with Crippen molar-refractivity contribution in [2.45, 2.75) is 13.5 Å². The fourth-order valence-corrected chi connectivity index (χ4v) is 4.07. The van der Waals surface area contributed by atoms with Gasteiger partial charge in [0.2, 0.25) is 0 Å². The van der Waals surface area contributed by atoms with E-state index in [0.717, 1.165) is 11.1 Å². The number of benzene rings is 2. The van der Waals surface area contributed by atoms with Gasteiger partial charge in [-0.3, -0.25) is 14.2 Å². The van der Waals surface area contributed by atoms with E-state index >= 15 is 0 Å². The summed E-state index contributed by atoms with van der Waals surface area (Å²) in [6, 6.07) is 14.3. The molecular formula is C23H20N4O4S. The lowest BCUT2D eigenvalue weighted by Crippen LogP contribution is -2.30. The Morgan fingerprint density at radius 2 is 2.09 bits per heavy atom. The first-order chi connectivity index (χ1) is 15.6. The number of hydrogen-bond donors (Lipinski definition) is 2. The Morgan fingerprint density at radius 1 is 1.28 bits per heavy atom. The van der Waals surface area contributed by atoms with Crippen molar-refractivity contribution in [3.05, 3.63) is 76.2 Å². The topological polar surface area (TPSA) is 106 Å². The smallest absolute Gasteiger partial charge is 0.263 e. The molecule has 0 spiro atoms. The summed E-state index contributed by atoms with van der Waals surface area (Å²) in [6.07, 6.45) is 2.80. The summed E-state index contributed by atoms with van der Waals surface area (Å²) >= 11 is 1.39. The third-order valence-corrected chi connectivity index (χ3v) is 5.53. The second kappa shape index (κ2) is 9.44. The monoisotopic (exact) mass is 448 g/mol. The van der Waals surface area contributed by atoms with Crippen LogP contribution in [0.2, 0.25) is 0 Å². The van der Waals surface area contributed by atoms with Gasteiger partial charge in [0.15, 0.2) is 11.5 Å². The molecule has 0 bridgehead atoms. The summed E-state index contributed by atoms with van der Waals surface area (Å²) in [5.74, 6) is -0.109. The van der Waals surface area contributed by atoms with Gasteiger partial charge in [-0.15, -0.1) is 11.3 Å². The fraction of sp³-hybridized carbons (Fsp3) is 0.130. The van der Waals surface area contributed by atoms with Crippen molar-refractivity contribution < 1.29 is 14.6 Å². The number of nitrogens with one attached hydrogen (secondary N) is 1. The molecule has 2 N–H and O–H groups in total. The van der Waals surface area contributed by atoms with E-state index in [0.29, 0.717) is 28.1 Å². The van der Waals surface area contributed by atoms with Gasteiger partial charge in [0.1, 0.15) is 11.4 Å². The fourth-order valence-electron chi connectivity index (χ4n) is 3.16. The normalized spacial score (nSPS) is 11.2. The largest absolute Gasteiger partial charge is 0.504 e. The zero-order valence-electron chi connectivity index (χ0n) is 17.2. The molecule has 4 aromatic rings. The molecule has 32 heavy (non-hydrogen) atoms. The molecule has 8 nitrogen and oxygen atoms in total. The number of carbonyl (C=O) groups is 1. The summed E-state index contributed by atoms with van der Waals surface area (Å²) in [6.45, 7) is 2.00. The van der Waals surface area contributed by atoms with Crippen LogP contribution in [0.5, 0.6) is 11.5 Å². The van der Waals surface area contributed by atoms with E-state index in [-0.39, 0.29) is 17.9 Å². The molecule has 0 atom stereocenters. The maximum absolute atomic E-state index is 13.0. The van der Waals surface area contributed by atoms with Crippen molar-refractivity contribution in [1.29, 1.82) is 0 Å². The number of nitrogens with zero attached hydrogens (tertiary/aromatic N) is 3. The minimum atomic E-state index is -0.468. The van der Waals surface area contributed by atoms with Gasteiger partial charge in [0.25, 0.3) is 11.5 Å². The number of fused-ring (bicyclic) bond motifs is 1. The molecule has 2 heterocycles. The number of phenolic OH excluding ortho intramolecular Hbond substituents is 1. The Morgan fingerprint density at radius 3 is 2.88 bits per heavy atom. The van der Waals surface area contributed by atoms with E-state index in [9.17, 15) is 14.7 Å². The van der Waals surface area contributed by atoms with Gasteiger partial charge in [-0.25, -0.2) is 10.4 Å². The number of hydrazone groups is 1. The van der Waals surface area contributed by atoms with Gasteiger partial charge in [-0.1, -0.05) is 30.3 Å². The minimum absolute atomic E-state index is 0.0265. The van der Waals surface area contributed by atoms with Crippen LogP contribution < -0.4 is 15.7 Å². The Labute approximate surface area is 187 Å². The number of ether oxygens (including phenoxy) is 1. The summed E-state index contributed by atoms with van der Waals surface area (Å²) in [5, 5.41) is 16.1. The van der Waals surface area contributed by atoms with Crippen LogP contribution in [-0.2, 0) is 11.3 Å². The number of aromatic hydroxyl groups is 1. The van der Waals surface area contributed by atoms with E-state index in [1.165, 1.54) is 34.5 Å². The minimum Gasteiger partial charge on any atom is -0.504 e. The SMILES string of the molecule is CCOc1cc(/C=N/NC(=O)Cn2cnc3scc(-c4ccccc4)c3c2=O)ccc1O. The average molecular weight is 449 g/mol. The molecule has 162 valence electrons.